The lowest BCUT2D eigenvalue weighted by Gasteiger charge is -2.46. The van der Waals surface area contributed by atoms with Crippen molar-refractivity contribution < 1.29 is 8.42 Å². The zero-order valence-corrected chi connectivity index (χ0v) is 13.7. The molecule has 114 valence electrons. The summed E-state index contributed by atoms with van der Waals surface area (Å²) in [6.45, 7) is 6.88. The van der Waals surface area contributed by atoms with Crippen LogP contribution in [0.1, 0.15) is 46.0 Å². The largest absolute Gasteiger partial charge is 0.315 e. The highest BCUT2D eigenvalue weighted by atomic mass is 32.2. The Hall–Kier alpha value is -0.130. The summed E-state index contributed by atoms with van der Waals surface area (Å²) >= 11 is 0. The molecule has 19 heavy (non-hydrogen) atoms. The van der Waals surface area contributed by atoms with Crippen LogP contribution in [0.25, 0.3) is 0 Å². The van der Waals surface area contributed by atoms with E-state index in [2.05, 4.69) is 24.1 Å². The van der Waals surface area contributed by atoms with Crippen LogP contribution >= 0.6 is 0 Å². The van der Waals surface area contributed by atoms with E-state index >= 15 is 0 Å². The maximum Gasteiger partial charge on any atom is 0.147 e. The van der Waals surface area contributed by atoms with E-state index in [9.17, 15) is 8.42 Å². The molecule has 1 rings (SSSR count). The topological polar surface area (TPSA) is 49.4 Å². The highest BCUT2D eigenvalue weighted by molar-refractivity contribution is 7.90. The average Bonchev–Trinajstić information content (AvgIpc) is 2.34. The third-order valence-corrected chi connectivity index (χ3v) is 5.41. The second kappa shape index (κ2) is 7.04. The van der Waals surface area contributed by atoms with Crippen molar-refractivity contribution >= 4 is 9.84 Å². The lowest BCUT2D eigenvalue weighted by atomic mass is 9.87. The van der Waals surface area contributed by atoms with Gasteiger partial charge in [-0.1, -0.05) is 6.42 Å². The van der Waals surface area contributed by atoms with Gasteiger partial charge in [-0.05, 0) is 59.7 Å². The zero-order chi connectivity index (χ0) is 14.5. The van der Waals surface area contributed by atoms with Gasteiger partial charge < -0.3 is 5.32 Å². The SMILES string of the molecule is CNC(CCCS(C)(=O)=O)C(C)(C)N1CCCCC1. The standard InChI is InChI=1S/C14H30N2O2S/c1-14(2,16-10-6-5-7-11-16)13(15-3)9-8-12-19(4,17)18/h13,15H,5-12H2,1-4H3. The second-order valence-electron chi connectivity index (χ2n) is 6.31. The number of likely N-dealkylation sites (N-methyl/N-ethyl adjacent to an activating group) is 1. The molecule has 0 spiro atoms. The Bertz CT molecular complexity index is 360. The monoisotopic (exact) mass is 290 g/mol. The first-order valence-electron chi connectivity index (χ1n) is 7.37. The Morgan fingerprint density at radius 1 is 1.21 bits per heavy atom. The van der Waals surface area contributed by atoms with E-state index in [1.54, 1.807) is 0 Å². The normalized spacial score (nSPS) is 20.4. The molecular formula is C14H30N2O2S. The predicted molar refractivity (Wildman–Crippen MR) is 81.3 cm³/mol. The van der Waals surface area contributed by atoms with Gasteiger partial charge in [-0.25, -0.2) is 8.42 Å². The summed E-state index contributed by atoms with van der Waals surface area (Å²) in [5.41, 5.74) is 0.0900. The van der Waals surface area contributed by atoms with E-state index in [-0.39, 0.29) is 5.54 Å². The Morgan fingerprint density at radius 2 is 1.79 bits per heavy atom. The molecule has 0 aromatic heterocycles. The van der Waals surface area contributed by atoms with E-state index < -0.39 is 9.84 Å². The number of likely N-dealkylation sites (tertiary alicyclic amines) is 1. The molecule has 0 saturated carbocycles. The van der Waals surface area contributed by atoms with Crippen LogP contribution in [0.3, 0.4) is 0 Å². The molecule has 1 aliphatic heterocycles. The van der Waals surface area contributed by atoms with Crippen LogP contribution < -0.4 is 5.32 Å². The van der Waals surface area contributed by atoms with Gasteiger partial charge in [-0.15, -0.1) is 0 Å². The maximum atomic E-state index is 11.2. The van der Waals surface area contributed by atoms with Crippen molar-refractivity contribution in [2.75, 3.05) is 32.1 Å². The number of piperidine rings is 1. The van der Waals surface area contributed by atoms with Crippen LogP contribution in [-0.4, -0.2) is 57.0 Å². The van der Waals surface area contributed by atoms with E-state index in [1.165, 1.54) is 25.5 Å². The van der Waals surface area contributed by atoms with Gasteiger partial charge in [0.25, 0.3) is 0 Å². The Balaban J connectivity index is 2.55. The number of rotatable bonds is 7. The van der Waals surface area contributed by atoms with E-state index in [0.717, 1.165) is 25.9 Å². The fourth-order valence-electron chi connectivity index (χ4n) is 3.09. The number of sulfone groups is 1. The molecule has 1 N–H and O–H groups in total. The van der Waals surface area contributed by atoms with Gasteiger partial charge in [0.2, 0.25) is 0 Å². The van der Waals surface area contributed by atoms with Crippen molar-refractivity contribution in [2.45, 2.75) is 57.5 Å². The third kappa shape index (κ3) is 5.40. The molecule has 1 unspecified atom stereocenters. The van der Waals surface area contributed by atoms with E-state index in [4.69, 9.17) is 0 Å². The Labute approximate surface area is 118 Å². The van der Waals surface area contributed by atoms with Crippen molar-refractivity contribution in [1.29, 1.82) is 0 Å². The van der Waals surface area contributed by atoms with Gasteiger partial charge >= 0.3 is 0 Å². The molecule has 1 atom stereocenters. The molecule has 1 fully saturated rings. The van der Waals surface area contributed by atoms with Crippen LogP contribution in [-0.2, 0) is 9.84 Å². The summed E-state index contributed by atoms with van der Waals surface area (Å²) in [6.07, 6.45) is 6.86. The van der Waals surface area contributed by atoms with Crippen LogP contribution in [0.4, 0.5) is 0 Å². The first-order valence-corrected chi connectivity index (χ1v) is 9.43. The fraction of sp³-hybridized carbons (Fsp3) is 1.00. The lowest BCUT2D eigenvalue weighted by molar-refractivity contribution is 0.0606. The number of hydrogen-bond donors (Lipinski definition) is 1. The maximum absolute atomic E-state index is 11.2. The third-order valence-electron chi connectivity index (χ3n) is 4.38. The molecule has 0 amide bonds. The average molecular weight is 290 g/mol. The molecule has 1 saturated heterocycles. The van der Waals surface area contributed by atoms with E-state index in [1.807, 2.05) is 7.05 Å². The van der Waals surface area contributed by atoms with Crippen molar-refractivity contribution in [1.82, 2.24) is 10.2 Å². The molecule has 0 aliphatic carbocycles. The quantitative estimate of drug-likeness (QED) is 0.775. The summed E-state index contributed by atoms with van der Waals surface area (Å²) in [5.74, 6) is 0.293. The van der Waals surface area contributed by atoms with Gasteiger partial charge in [0.1, 0.15) is 9.84 Å². The predicted octanol–water partition coefficient (Wildman–Crippen LogP) is 1.66. The van der Waals surface area contributed by atoms with Crippen LogP contribution in [0.5, 0.6) is 0 Å². The van der Waals surface area contributed by atoms with Gasteiger partial charge in [0.05, 0.1) is 0 Å². The highest BCUT2D eigenvalue weighted by Gasteiger charge is 2.34. The van der Waals surface area contributed by atoms with Crippen molar-refractivity contribution in [3.63, 3.8) is 0 Å². The van der Waals surface area contributed by atoms with Crippen LogP contribution in [0.15, 0.2) is 0 Å². The summed E-state index contributed by atoms with van der Waals surface area (Å²) in [7, 11) is -0.857. The summed E-state index contributed by atoms with van der Waals surface area (Å²) in [4.78, 5) is 2.55. The van der Waals surface area contributed by atoms with Crippen LogP contribution in [0, 0.1) is 0 Å². The van der Waals surface area contributed by atoms with Crippen molar-refractivity contribution in [3.05, 3.63) is 0 Å². The highest BCUT2D eigenvalue weighted by Crippen LogP contribution is 2.26. The molecule has 0 bridgehead atoms. The van der Waals surface area contributed by atoms with Crippen molar-refractivity contribution in [3.8, 4) is 0 Å². The summed E-state index contributed by atoms with van der Waals surface area (Å²) in [6, 6.07) is 0.340. The molecule has 4 nitrogen and oxygen atoms in total. The van der Waals surface area contributed by atoms with Crippen molar-refractivity contribution in [2.24, 2.45) is 0 Å². The smallest absolute Gasteiger partial charge is 0.147 e. The Morgan fingerprint density at radius 3 is 2.26 bits per heavy atom. The van der Waals surface area contributed by atoms with Gasteiger partial charge in [0.15, 0.2) is 0 Å². The van der Waals surface area contributed by atoms with Gasteiger partial charge in [-0.2, -0.15) is 0 Å². The summed E-state index contributed by atoms with van der Waals surface area (Å²) < 4.78 is 22.4. The molecule has 1 aliphatic rings. The van der Waals surface area contributed by atoms with E-state index in [0.29, 0.717) is 11.8 Å². The van der Waals surface area contributed by atoms with Gasteiger partial charge in [0, 0.05) is 23.6 Å². The number of nitrogens with one attached hydrogen (secondary N) is 1. The molecule has 0 radical (unpaired) electrons. The first kappa shape index (κ1) is 16.9. The molecule has 0 aromatic rings. The molecule has 5 heteroatoms. The van der Waals surface area contributed by atoms with Crippen LogP contribution in [0.2, 0.25) is 0 Å². The minimum atomic E-state index is -2.84. The first-order chi connectivity index (χ1) is 8.77. The minimum absolute atomic E-state index is 0.0900. The van der Waals surface area contributed by atoms with Gasteiger partial charge in [-0.3, -0.25) is 4.90 Å². The number of hydrogen-bond acceptors (Lipinski definition) is 4. The second-order valence-corrected chi connectivity index (χ2v) is 8.57. The Kier molecular flexibility index (Phi) is 6.27. The molecule has 0 aromatic carbocycles. The molecular weight excluding hydrogens is 260 g/mol. The minimum Gasteiger partial charge on any atom is -0.315 e. The number of nitrogens with zero attached hydrogens (tertiary/aromatic N) is 1. The molecule has 1 heterocycles. The lowest BCUT2D eigenvalue weighted by Crippen LogP contribution is -2.58. The summed E-state index contributed by atoms with van der Waals surface area (Å²) in [5, 5.41) is 3.39. The fourth-order valence-corrected chi connectivity index (χ4v) is 3.78. The zero-order valence-electron chi connectivity index (χ0n) is 12.9.